The maximum absolute atomic E-state index is 12.7. The highest BCUT2D eigenvalue weighted by molar-refractivity contribution is 5.86. The minimum Gasteiger partial charge on any atom is -0.497 e. The number of aryl methyl sites for hydroxylation is 3. The van der Waals surface area contributed by atoms with Gasteiger partial charge in [0.2, 0.25) is 5.91 Å². The number of ether oxygens (including phenoxy) is 2. The van der Waals surface area contributed by atoms with E-state index in [1.807, 2.05) is 45.0 Å². The van der Waals surface area contributed by atoms with Crippen LogP contribution in [0, 0.1) is 20.8 Å². The van der Waals surface area contributed by atoms with Crippen LogP contribution in [0.1, 0.15) is 34.7 Å². The maximum Gasteiger partial charge on any atom is 0.328 e. The van der Waals surface area contributed by atoms with E-state index in [1.54, 1.807) is 14.0 Å². The molecular formula is C23H29NO4. The topological polar surface area (TPSA) is 64.6 Å². The highest BCUT2D eigenvalue weighted by Gasteiger charge is 2.23. The molecular weight excluding hydrogens is 354 g/mol. The van der Waals surface area contributed by atoms with E-state index >= 15 is 0 Å². The molecule has 1 amide bonds. The first-order chi connectivity index (χ1) is 13.3. The minimum absolute atomic E-state index is 0.193. The molecule has 0 radical (unpaired) electrons. The van der Waals surface area contributed by atoms with Crippen molar-refractivity contribution in [2.45, 2.75) is 46.6 Å². The molecule has 2 aromatic carbocycles. The predicted octanol–water partition coefficient (Wildman–Crippen LogP) is 3.45. The molecule has 1 atom stereocenters. The van der Waals surface area contributed by atoms with E-state index in [9.17, 15) is 9.59 Å². The molecule has 150 valence electrons. The molecule has 0 saturated heterocycles. The summed E-state index contributed by atoms with van der Waals surface area (Å²) >= 11 is 0. The number of carbonyl (C=O) groups is 2. The summed E-state index contributed by atoms with van der Waals surface area (Å²) in [5, 5.41) is 2.85. The standard InChI is InChI=1S/C23H29NO4/c1-6-28-23(26)21(13-18-7-9-19(27-5)10-8-18)24-22(25)14-20-16(3)11-15(2)12-17(20)4/h7-12,21H,6,13-14H2,1-5H3,(H,24,25). The Balaban J connectivity index is 2.13. The van der Waals surface area contributed by atoms with Gasteiger partial charge in [0.25, 0.3) is 0 Å². The molecule has 2 aromatic rings. The van der Waals surface area contributed by atoms with Crippen molar-refractivity contribution in [3.8, 4) is 5.75 Å². The summed E-state index contributed by atoms with van der Waals surface area (Å²) in [5.74, 6) is 0.122. The normalized spacial score (nSPS) is 11.6. The average molecular weight is 383 g/mol. The molecule has 1 unspecified atom stereocenters. The second-order valence-electron chi connectivity index (χ2n) is 6.98. The van der Waals surface area contributed by atoms with Gasteiger partial charge in [-0.3, -0.25) is 4.79 Å². The first-order valence-electron chi connectivity index (χ1n) is 9.49. The summed E-state index contributed by atoms with van der Waals surface area (Å²) < 4.78 is 10.3. The van der Waals surface area contributed by atoms with Crippen molar-refractivity contribution in [3.63, 3.8) is 0 Å². The van der Waals surface area contributed by atoms with Gasteiger partial charge in [0, 0.05) is 6.42 Å². The Kier molecular flexibility index (Phi) is 7.61. The van der Waals surface area contributed by atoms with Gasteiger partial charge in [0.1, 0.15) is 11.8 Å². The Labute approximate surface area is 167 Å². The lowest BCUT2D eigenvalue weighted by atomic mass is 9.97. The molecule has 0 saturated carbocycles. The molecule has 0 fully saturated rings. The van der Waals surface area contributed by atoms with Gasteiger partial charge in [-0.25, -0.2) is 4.79 Å². The molecule has 0 aliphatic rings. The maximum atomic E-state index is 12.7. The van der Waals surface area contributed by atoms with Crippen LogP contribution in [-0.2, 0) is 27.2 Å². The number of nitrogens with one attached hydrogen (secondary N) is 1. The SMILES string of the molecule is CCOC(=O)C(Cc1ccc(OC)cc1)NC(=O)Cc1c(C)cc(C)cc1C. The molecule has 0 bridgehead atoms. The van der Waals surface area contributed by atoms with Crippen molar-refractivity contribution in [2.75, 3.05) is 13.7 Å². The van der Waals surface area contributed by atoms with Crippen LogP contribution in [0.25, 0.3) is 0 Å². The molecule has 0 aromatic heterocycles. The Morgan fingerprint density at radius 1 is 1.04 bits per heavy atom. The van der Waals surface area contributed by atoms with Crippen molar-refractivity contribution < 1.29 is 19.1 Å². The summed E-state index contributed by atoms with van der Waals surface area (Å²) in [5.41, 5.74) is 5.24. The first kappa shape index (κ1) is 21.5. The molecule has 5 heteroatoms. The highest BCUT2D eigenvalue weighted by atomic mass is 16.5. The zero-order valence-electron chi connectivity index (χ0n) is 17.3. The van der Waals surface area contributed by atoms with Gasteiger partial charge >= 0.3 is 5.97 Å². The lowest BCUT2D eigenvalue weighted by Crippen LogP contribution is -2.44. The summed E-state index contributed by atoms with van der Waals surface area (Å²) in [7, 11) is 1.60. The van der Waals surface area contributed by atoms with Crippen LogP contribution in [-0.4, -0.2) is 31.6 Å². The molecule has 2 rings (SSSR count). The van der Waals surface area contributed by atoms with Crippen LogP contribution in [0.2, 0.25) is 0 Å². The van der Waals surface area contributed by atoms with Crippen molar-refractivity contribution in [1.82, 2.24) is 5.32 Å². The van der Waals surface area contributed by atoms with Crippen molar-refractivity contribution >= 4 is 11.9 Å². The number of carbonyl (C=O) groups excluding carboxylic acids is 2. The Morgan fingerprint density at radius 2 is 1.64 bits per heavy atom. The Bertz CT molecular complexity index is 804. The lowest BCUT2D eigenvalue weighted by Gasteiger charge is -2.19. The summed E-state index contributed by atoms with van der Waals surface area (Å²) in [6.45, 7) is 8.06. The second kappa shape index (κ2) is 9.93. The molecule has 0 aliphatic carbocycles. The van der Waals surface area contributed by atoms with Crippen LogP contribution >= 0.6 is 0 Å². The number of amides is 1. The number of hydrogen-bond donors (Lipinski definition) is 1. The molecule has 0 spiro atoms. The fourth-order valence-corrected chi connectivity index (χ4v) is 3.33. The molecule has 5 nitrogen and oxygen atoms in total. The van der Waals surface area contributed by atoms with E-state index in [4.69, 9.17) is 9.47 Å². The fourth-order valence-electron chi connectivity index (χ4n) is 3.33. The van der Waals surface area contributed by atoms with Gasteiger partial charge in [-0.15, -0.1) is 0 Å². The zero-order valence-corrected chi connectivity index (χ0v) is 17.3. The van der Waals surface area contributed by atoms with Crippen LogP contribution in [0.5, 0.6) is 5.75 Å². The molecule has 0 heterocycles. The van der Waals surface area contributed by atoms with Crippen molar-refractivity contribution in [2.24, 2.45) is 0 Å². The van der Waals surface area contributed by atoms with E-state index in [2.05, 4.69) is 17.4 Å². The number of methoxy groups -OCH3 is 1. The number of hydrogen-bond acceptors (Lipinski definition) is 4. The van der Waals surface area contributed by atoms with Crippen LogP contribution in [0.4, 0.5) is 0 Å². The highest BCUT2D eigenvalue weighted by Crippen LogP contribution is 2.17. The van der Waals surface area contributed by atoms with E-state index in [0.29, 0.717) is 6.42 Å². The van der Waals surface area contributed by atoms with E-state index in [-0.39, 0.29) is 18.9 Å². The smallest absolute Gasteiger partial charge is 0.328 e. The van der Waals surface area contributed by atoms with Crippen molar-refractivity contribution in [1.29, 1.82) is 0 Å². The largest absolute Gasteiger partial charge is 0.497 e. The summed E-state index contributed by atoms with van der Waals surface area (Å²) in [4.78, 5) is 25.0. The van der Waals surface area contributed by atoms with Crippen LogP contribution in [0.15, 0.2) is 36.4 Å². The van der Waals surface area contributed by atoms with Crippen LogP contribution < -0.4 is 10.1 Å². The Hall–Kier alpha value is -2.82. The summed E-state index contributed by atoms with van der Waals surface area (Å²) in [6.07, 6.45) is 0.594. The monoisotopic (exact) mass is 383 g/mol. The third-order valence-corrected chi connectivity index (χ3v) is 4.68. The third-order valence-electron chi connectivity index (χ3n) is 4.68. The van der Waals surface area contributed by atoms with E-state index < -0.39 is 12.0 Å². The van der Waals surface area contributed by atoms with Gasteiger partial charge < -0.3 is 14.8 Å². The van der Waals surface area contributed by atoms with Gasteiger partial charge in [-0.05, 0) is 62.1 Å². The second-order valence-corrected chi connectivity index (χ2v) is 6.98. The quantitative estimate of drug-likeness (QED) is 0.709. The van der Waals surface area contributed by atoms with Gasteiger partial charge in [0.05, 0.1) is 20.1 Å². The van der Waals surface area contributed by atoms with Gasteiger partial charge in [0.15, 0.2) is 0 Å². The van der Waals surface area contributed by atoms with E-state index in [1.165, 1.54) is 5.56 Å². The number of esters is 1. The lowest BCUT2D eigenvalue weighted by molar-refractivity contribution is -0.147. The molecule has 28 heavy (non-hydrogen) atoms. The molecule has 1 N–H and O–H groups in total. The first-order valence-corrected chi connectivity index (χ1v) is 9.49. The number of benzene rings is 2. The van der Waals surface area contributed by atoms with Crippen molar-refractivity contribution in [3.05, 3.63) is 64.2 Å². The fraction of sp³-hybridized carbons (Fsp3) is 0.391. The Morgan fingerprint density at radius 3 is 2.18 bits per heavy atom. The predicted molar refractivity (Wildman–Crippen MR) is 110 cm³/mol. The van der Waals surface area contributed by atoms with Gasteiger partial charge in [-0.1, -0.05) is 29.8 Å². The van der Waals surface area contributed by atoms with Gasteiger partial charge in [-0.2, -0.15) is 0 Å². The average Bonchev–Trinajstić information content (AvgIpc) is 2.65. The minimum atomic E-state index is -0.730. The zero-order chi connectivity index (χ0) is 20.7. The summed E-state index contributed by atoms with van der Waals surface area (Å²) in [6, 6.07) is 10.8. The molecule has 0 aliphatic heterocycles. The van der Waals surface area contributed by atoms with Crippen LogP contribution in [0.3, 0.4) is 0 Å². The number of rotatable bonds is 8. The van der Waals surface area contributed by atoms with E-state index in [0.717, 1.165) is 28.0 Å². The third kappa shape index (κ3) is 5.84.